The van der Waals surface area contributed by atoms with Gasteiger partial charge < -0.3 is 25.3 Å². The van der Waals surface area contributed by atoms with Crippen LogP contribution in [0.2, 0.25) is 0 Å². The maximum Gasteiger partial charge on any atom is 0.306 e. The number of aryl methyl sites for hydroxylation is 2. The maximum atomic E-state index is 13.1. The summed E-state index contributed by atoms with van der Waals surface area (Å²) in [5, 5.41) is 8.92. The Morgan fingerprint density at radius 2 is 1.78 bits per heavy atom. The SMILES string of the molecule is CCOC(=O)CCc1ccc(-c2nc(-c3ccc4c(c3)/C(=C/c3[nH]c(C)c(C(=O)NCCN(CC)CC)c3C)C(=O)N4)cs2)cc1. The van der Waals surface area contributed by atoms with Crippen LogP contribution in [0.25, 0.3) is 33.5 Å². The number of amides is 2. The first kappa shape index (κ1) is 32.8. The van der Waals surface area contributed by atoms with Gasteiger partial charge in [0.15, 0.2) is 0 Å². The first-order chi connectivity index (χ1) is 22.2. The number of likely N-dealkylation sites (N-methyl/N-ethyl adjacent to an activating group) is 1. The van der Waals surface area contributed by atoms with Gasteiger partial charge in [0.1, 0.15) is 5.01 Å². The molecule has 0 saturated carbocycles. The fourth-order valence-electron chi connectivity index (χ4n) is 5.68. The predicted molar refractivity (Wildman–Crippen MR) is 185 cm³/mol. The number of ether oxygens (including phenoxy) is 1. The normalized spacial score (nSPS) is 13.3. The topological polar surface area (TPSA) is 116 Å². The van der Waals surface area contributed by atoms with Gasteiger partial charge in [0.05, 0.1) is 23.4 Å². The molecule has 0 fully saturated rings. The molecule has 1 aliphatic rings. The molecular weight excluding hydrogens is 598 g/mol. The Morgan fingerprint density at radius 1 is 1.04 bits per heavy atom. The van der Waals surface area contributed by atoms with Gasteiger partial charge in [-0.3, -0.25) is 14.4 Å². The number of hydrogen-bond acceptors (Lipinski definition) is 7. The molecular formula is C36H41N5O4S. The van der Waals surface area contributed by atoms with E-state index in [2.05, 4.69) is 34.4 Å². The number of nitrogens with zero attached hydrogens (tertiary/aromatic N) is 2. The summed E-state index contributed by atoms with van der Waals surface area (Å²) in [6, 6.07) is 13.9. The van der Waals surface area contributed by atoms with Crippen molar-refractivity contribution in [3.05, 3.63) is 81.5 Å². The van der Waals surface area contributed by atoms with E-state index in [4.69, 9.17) is 9.72 Å². The lowest BCUT2D eigenvalue weighted by atomic mass is 10.0. The van der Waals surface area contributed by atoms with Crippen molar-refractivity contribution in [3.63, 3.8) is 0 Å². The van der Waals surface area contributed by atoms with E-state index in [1.54, 1.807) is 11.3 Å². The van der Waals surface area contributed by atoms with Gasteiger partial charge in [0.2, 0.25) is 0 Å². The lowest BCUT2D eigenvalue weighted by Gasteiger charge is -2.18. The summed E-state index contributed by atoms with van der Waals surface area (Å²) in [7, 11) is 0. The zero-order chi connectivity index (χ0) is 32.8. The number of carbonyl (C=O) groups excluding carboxylic acids is 3. The number of benzene rings is 2. The van der Waals surface area contributed by atoms with E-state index in [0.717, 1.165) is 75.2 Å². The molecule has 2 aromatic heterocycles. The lowest BCUT2D eigenvalue weighted by Crippen LogP contribution is -2.35. The molecule has 3 N–H and O–H groups in total. The molecule has 10 heteroatoms. The van der Waals surface area contributed by atoms with Gasteiger partial charge in [0.25, 0.3) is 11.8 Å². The molecule has 0 unspecified atom stereocenters. The number of aromatic nitrogens is 2. The van der Waals surface area contributed by atoms with Crippen LogP contribution in [0.1, 0.15) is 65.6 Å². The van der Waals surface area contributed by atoms with Crippen LogP contribution in [0.4, 0.5) is 5.69 Å². The third-order valence-corrected chi connectivity index (χ3v) is 9.22. The molecule has 0 bridgehead atoms. The summed E-state index contributed by atoms with van der Waals surface area (Å²) >= 11 is 1.56. The van der Waals surface area contributed by atoms with Gasteiger partial charge in [-0.2, -0.15) is 0 Å². The molecule has 2 amide bonds. The van der Waals surface area contributed by atoms with Crippen LogP contribution in [0.15, 0.2) is 47.8 Å². The van der Waals surface area contributed by atoms with Gasteiger partial charge in [-0.05, 0) is 69.6 Å². The van der Waals surface area contributed by atoms with Crippen molar-refractivity contribution in [2.75, 3.05) is 38.1 Å². The Balaban J connectivity index is 1.33. The molecule has 1 aliphatic heterocycles. The summed E-state index contributed by atoms with van der Waals surface area (Å²) in [5.74, 6) is -0.495. The second-order valence-corrected chi connectivity index (χ2v) is 12.1. The number of carbonyl (C=O) groups is 3. The Morgan fingerprint density at radius 3 is 2.50 bits per heavy atom. The number of H-pyrrole nitrogens is 1. The molecule has 0 spiro atoms. The van der Waals surface area contributed by atoms with Crippen molar-refractivity contribution >= 4 is 46.5 Å². The van der Waals surface area contributed by atoms with Gasteiger partial charge in [-0.25, -0.2) is 4.98 Å². The van der Waals surface area contributed by atoms with Crippen LogP contribution >= 0.6 is 11.3 Å². The molecule has 3 heterocycles. The summed E-state index contributed by atoms with van der Waals surface area (Å²) in [4.78, 5) is 48.3. The fourth-order valence-corrected chi connectivity index (χ4v) is 6.52. The number of thiazole rings is 1. The van der Waals surface area contributed by atoms with Crippen molar-refractivity contribution in [1.82, 2.24) is 20.2 Å². The Bertz CT molecular complexity index is 1770. The molecule has 0 saturated heterocycles. The van der Waals surface area contributed by atoms with E-state index in [-0.39, 0.29) is 17.8 Å². The van der Waals surface area contributed by atoms with E-state index in [1.807, 2.05) is 74.7 Å². The monoisotopic (exact) mass is 639 g/mol. The standard InChI is InChI=1S/C36H41N5O4S/c1-6-41(7-2)18-17-37-35(44)33-22(4)30(38-23(33)5)20-28-27-19-26(14-15-29(27)39-34(28)43)31-21-46-36(40-31)25-12-9-24(10-13-25)11-16-32(42)45-8-3/h9-10,12-15,19-21,38H,6-8,11,16-18H2,1-5H3,(H,37,44)(H,39,43)/b28-20-. The first-order valence-electron chi connectivity index (χ1n) is 15.8. The van der Waals surface area contributed by atoms with Crippen LogP contribution in [-0.2, 0) is 20.7 Å². The van der Waals surface area contributed by atoms with Gasteiger partial charge in [0, 0.05) is 58.7 Å². The van der Waals surface area contributed by atoms with Gasteiger partial charge >= 0.3 is 5.97 Å². The third kappa shape index (κ3) is 7.29. The average molecular weight is 640 g/mol. The van der Waals surface area contributed by atoms with E-state index in [0.29, 0.717) is 37.1 Å². The highest BCUT2D eigenvalue weighted by molar-refractivity contribution is 7.13. The quantitative estimate of drug-likeness (QED) is 0.114. The number of esters is 1. The van der Waals surface area contributed by atoms with Crippen LogP contribution in [-0.4, -0.2) is 65.4 Å². The van der Waals surface area contributed by atoms with Crippen molar-refractivity contribution in [2.45, 2.75) is 47.5 Å². The predicted octanol–water partition coefficient (Wildman–Crippen LogP) is 6.48. The first-order valence-corrected chi connectivity index (χ1v) is 16.7. The van der Waals surface area contributed by atoms with Crippen LogP contribution < -0.4 is 10.6 Å². The van der Waals surface area contributed by atoms with Crippen molar-refractivity contribution < 1.29 is 19.1 Å². The van der Waals surface area contributed by atoms with Gasteiger partial charge in [-0.1, -0.05) is 44.2 Å². The van der Waals surface area contributed by atoms with E-state index in [1.165, 1.54) is 0 Å². The van der Waals surface area contributed by atoms with E-state index in [9.17, 15) is 14.4 Å². The third-order valence-electron chi connectivity index (χ3n) is 8.33. The zero-order valence-corrected chi connectivity index (χ0v) is 27.9. The zero-order valence-electron chi connectivity index (χ0n) is 27.1. The molecule has 46 heavy (non-hydrogen) atoms. The second kappa shape index (κ2) is 14.7. The average Bonchev–Trinajstić information content (AvgIpc) is 3.74. The highest BCUT2D eigenvalue weighted by Crippen LogP contribution is 2.38. The second-order valence-electron chi connectivity index (χ2n) is 11.3. The minimum absolute atomic E-state index is 0.118. The number of nitrogens with one attached hydrogen (secondary N) is 3. The van der Waals surface area contributed by atoms with Crippen LogP contribution in [0, 0.1) is 13.8 Å². The smallest absolute Gasteiger partial charge is 0.306 e. The Hall–Kier alpha value is -4.54. The van der Waals surface area contributed by atoms with E-state index >= 15 is 0 Å². The van der Waals surface area contributed by atoms with E-state index < -0.39 is 0 Å². The molecule has 0 atom stereocenters. The molecule has 0 radical (unpaired) electrons. The van der Waals surface area contributed by atoms with Crippen molar-refractivity contribution in [3.8, 4) is 21.8 Å². The largest absolute Gasteiger partial charge is 0.466 e. The lowest BCUT2D eigenvalue weighted by molar-refractivity contribution is -0.143. The fraction of sp³-hybridized carbons (Fsp3) is 0.333. The molecule has 0 aliphatic carbocycles. The Kier molecular flexibility index (Phi) is 10.5. The number of hydrogen-bond donors (Lipinski definition) is 3. The summed E-state index contributed by atoms with van der Waals surface area (Å²) in [6.07, 6.45) is 2.82. The minimum Gasteiger partial charge on any atom is -0.466 e. The highest BCUT2D eigenvalue weighted by Gasteiger charge is 2.26. The summed E-state index contributed by atoms with van der Waals surface area (Å²) in [6.45, 7) is 13.5. The molecule has 240 valence electrons. The van der Waals surface area contributed by atoms with Crippen molar-refractivity contribution in [1.29, 1.82) is 0 Å². The molecule has 4 aromatic rings. The summed E-state index contributed by atoms with van der Waals surface area (Å²) < 4.78 is 5.02. The summed E-state index contributed by atoms with van der Waals surface area (Å²) in [5.41, 5.74) is 8.77. The van der Waals surface area contributed by atoms with Crippen LogP contribution in [0.3, 0.4) is 0 Å². The van der Waals surface area contributed by atoms with Crippen LogP contribution in [0.5, 0.6) is 0 Å². The van der Waals surface area contributed by atoms with Gasteiger partial charge in [-0.15, -0.1) is 11.3 Å². The number of anilines is 1. The molecule has 9 nitrogen and oxygen atoms in total. The highest BCUT2D eigenvalue weighted by atomic mass is 32.1. The number of aromatic amines is 1. The van der Waals surface area contributed by atoms with Crippen molar-refractivity contribution in [2.24, 2.45) is 0 Å². The Labute approximate surface area is 274 Å². The minimum atomic E-state index is -0.189. The number of rotatable bonds is 13. The molecule has 2 aromatic carbocycles. The number of fused-ring (bicyclic) bond motifs is 1. The maximum absolute atomic E-state index is 13.1. The molecule has 5 rings (SSSR count).